The van der Waals surface area contributed by atoms with E-state index in [4.69, 9.17) is 0 Å². The molecule has 2 aliphatic carbocycles. The van der Waals surface area contributed by atoms with Crippen molar-refractivity contribution in [2.45, 2.75) is 44.7 Å². The minimum atomic E-state index is 0.0914. The number of benzene rings is 1. The molecule has 2 bridgehead atoms. The third kappa shape index (κ3) is 2.59. The highest BCUT2D eigenvalue weighted by molar-refractivity contribution is 7.16. The molecule has 4 atom stereocenters. The van der Waals surface area contributed by atoms with Gasteiger partial charge in [-0.1, -0.05) is 36.8 Å². The van der Waals surface area contributed by atoms with Crippen LogP contribution in [-0.2, 0) is 0 Å². The summed E-state index contributed by atoms with van der Waals surface area (Å²) in [7, 11) is 0. The Hall–Kier alpha value is -2.07. The predicted molar refractivity (Wildman–Crippen MR) is 107 cm³/mol. The molecule has 2 aliphatic rings. The Morgan fingerprint density at radius 3 is 2.77 bits per heavy atom. The number of hydrogen-bond donors (Lipinski definition) is 1. The van der Waals surface area contributed by atoms with E-state index in [9.17, 15) is 4.79 Å². The molecule has 1 amide bonds. The quantitative estimate of drug-likeness (QED) is 0.676. The number of thiophene rings is 1. The van der Waals surface area contributed by atoms with Crippen LogP contribution in [0.4, 0.5) is 0 Å². The van der Waals surface area contributed by atoms with E-state index in [1.165, 1.54) is 36.1 Å². The van der Waals surface area contributed by atoms with Gasteiger partial charge in [-0.25, -0.2) is 0 Å². The first-order valence-electron chi connectivity index (χ1n) is 9.65. The summed E-state index contributed by atoms with van der Waals surface area (Å²) in [6, 6.07) is 15.1. The lowest BCUT2D eigenvalue weighted by Crippen LogP contribution is -2.39. The lowest BCUT2D eigenvalue weighted by molar-refractivity contribution is 0.0913. The fourth-order valence-electron chi connectivity index (χ4n) is 5.05. The van der Waals surface area contributed by atoms with Crippen LogP contribution >= 0.6 is 11.3 Å². The van der Waals surface area contributed by atoms with Crippen molar-refractivity contribution in [1.29, 1.82) is 0 Å². The van der Waals surface area contributed by atoms with Crippen molar-refractivity contribution < 1.29 is 4.79 Å². The molecule has 4 unspecified atom stereocenters. The molecule has 1 aromatic carbocycles. The number of rotatable bonds is 4. The largest absolute Gasteiger partial charge is 0.348 e. The van der Waals surface area contributed by atoms with Crippen LogP contribution in [-0.4, -0.2) is 16.5 Å². The summed E-state index contributed by atoms with van der Waals surface area (Å²) in [5.41, 5.74) is 2.03. The number of carbonyl (C=O) groups excluding carboxylic acids is 1. The van der Waals surface area contributed by atoms with E-state index in [1.807, 2.05) is 6.07 Å². The van der Waals surface area contributed by atoms with Gasteiger partial charge in [-0.15, -0.1) is 11.3 Å². The third-order valence-electron chi connectivity index (χ3n) is 6.40. The summed E-state index contributed by atoms with van der Waals surface area (Å²) < 4.78 is 2.22. The van der Waals surface area contributed by atoms with Crippen LogP contribution in [0.3, 0.4) is 0 Å². The molecule has 2 saturated carbocycles. The van der Waals surface area contributed by atoms with Crippen LogP contribution in [0.1, 0.15) is 54.7 Å². The molecule has 0 aliphatic heterocycles. The van der Waals surface area contributed by atoms with E-state index in [0.717, 1.165) is 17.0 Å². The van der Waals surface area contributed by atoms with Crippen molar-refractivity contribution in [3.05, 3.63) is 59.1 Å². The highest BCUT2D eigenvalue weighted by Gasteiger charge is 2.40. The minimum Gasteiger partial charge on any atom is -0.348 e. The standard InChI is InChI=1S/C22H24N2OS/c1-14(16-5-3-2-4-6-16)24-20(13-18-9-10-26-22(18)24)21(25)23-19-12-15-7-8-17(19)11-15/h2-6,9-10,13-15,17,19H,7-8,11-12H2,1H3,(H,23,25). The smallest absolute Gasteiger partial charge is 0.268 e. The SMILES string of the molecule is CC(c1ccccc1)n1c(C(=O)NC2CC3CCC2C3)cc2ccsc21. The van der Waals surface area contributed by atoms with Gasteiger partial charge in [0.25, 0.3) is 5.91 Å². The van der Waals surface area contributed by atoms with Crippen LogP contribution in [0.25, 0.3) is 10.2 Å². The van der Waals surface area contributed by atoms with Gasteiger partial charge in [-0.3, -0.25) is 4.79 Å². The van der Waals surface area contributed by atoms with Crippen LogP contribution in [0, 0.1) is 11.8 Å². The zero-order valence-electron chi connectivity index (χ0n) is 15.0. The van der Waals surface area contributed by atoms with Crippen molar-refractivity contribution in [3.63, 3.8) is 0 Å². The molecule has 2 aromatic heterocycles. The predicted octanol–water partition coefficient (Wildman–Crippen LogP) is 5.23. The monoisotopic (exact) mass is 364 g/mol. The highest BCUT2D eigenvalue weighted by Crippen LogP contribution is 2.44. The zero-order chi connectivity index (χ0) is 17.7. The molecule has 1 N–H and O–H groups in total. The van der Waals surface area contributed by atoms with Gasteiger partial charge in [-0.2, -0.15) is 0 Å². The summed E-state index contributed by atoms with van der Waals surface area (Å²) in [5, 5.41) is 6.64. The number of aromatic nitrogens is 1. The molecule has 0 radical (unpaired) electrons. The highest BCUT2D eigenvalue weighted by atomic mass is 32.1. The van der Waals surface area contributed by atoms with Crippen LogP contribution in [0.2, 0.25) is 0 Å². The Labute approximate surface area is 158 Å². The molecule has 3 aromatic rings. The average molecular weight is 365 g/mol. The minimum absolute atomic E-state index is 0.0914. The second-order valence-electron chi connectivity index (χ2n) is 7.92. The first kappa shape index (κ1) is 16.1. The Morgan fingerprint density at radius 2 is 2.04 bits per heavy atom. The molecule has 3 nitrogen and oxygen atoms in total. The number of nitrogens with one attached hydrogen (secondary N) is 1. The number of carbonyl (C=O) groups is 1. The molecule has 2 fully saturated rings. The summed E-state index contributed by atoms with van der Waals surface area (Å²) >= 11 is 1.71. The molecule has 5 rings (SSSR count). The molecule has 4 heteroatoms. The molecule has 2 heterocycles. The maximum Gasteiger partial charge on any atom is 0.268 e. The van der Waals surface area contributed by atoms with Crippen LogP contribution in [0.5, 0.6) is 0 Å². The summed E-state index contributed by atoms with van der Waals surface area (Å²) in [6.45, 7) is 2.18. The fourth-order valence-corrected chi connectivity index (χ4v) is 6.02. The van der Waals surface area contributed by atoms with Crippen molar-refractivity contribution in [3.8, 4) is 0 Å². The lowest BCUT2D eigenvalue weighted by Gasteiger charge is -2.24. The Kier molecular flexibility index (Phi) is 3.89. The van der Waals surface area contributed by atoms with Gasteiger partial charge in [0.05, 0.1) is 6.04 Å². The third-order valence-corrected chi connectivity index (χ3v) is 7.33. The van der Waals surface area contributed by atoms with Crippen LogP contribution in [0.15, 0.2) is 47.8 Å². The van der Waals surface area contributed by atoms with Crippen molar-refractivity contribution in [1.82, 2.24) is 9.88 Å². The van der Waals surface area contributed by atoms with Gasteiger partial charge in [0, 0.05) is 11.4 Å². The molecular formula is C22H24N2OS. The first-order chi connectivity index (χ1) is 12.7. The molecule has 0 spiro atoms. The lowest BCUT2D eigenvalue weighted by atomic mass is 9.95. The number of amides is 1. The topological polar surface area (TPSA) is 34.0 Å². The molecule has 134 valence electrons. The van der Waals surface area contributed by atoms with Gasteiger partial charge < -0.3 is 9.88 Å². The second kappa shape index (κ2) is 6.27. The van der Waals surface area contributed by atoms with E-state index in [-0.39, 0.29) is 11.9 Å². The van der Waals surface area contributed by atoms with E-state index in [1.54, 1.807) is 11.3 Å². The Morgan fingerprint density at radius 1 is 1.19 bits per heavy atom. The molecule has 0 saturated heterocycles. The van der Waals surface area contributed by atoms with Gasteiger partial charge in [0.1, 0.15) is 10.5 Å². The summed E-state index contributed by atoms with van der Waals surface area (Å²) in [4.78, 5) is 14.4. The van der Waals surface area contributed by atoms with E-state index < -0.39 is 0 Å². The van der Waals surface area contributed by atoms with Crippen LogP contribution < -0.4 is 5.32 Å². The maximum absolute atomic E-state index is 13.2. The summed E-state index contributed by atoms with van der Waals surface area (Å²) in [6.07, 6.45) is 5.11. The van der Waals surface area contributed by atoms with Crippen molar-refractivity contribution >= 4 is 27.5 Å². The summed E-state index contributed by atoms with van der Waals surface area (Å²) in [5.74, 6) is 1.62. The van der Waals surface area contributed by atoms with Crippen molar-refractivity contribution in [2.24, 2.45) is 11.8 Å². The fraction of sp³-hybridized carbons (Fsp3) is 0.409. The van der Waals surface area contributed by atoms with E-state index >= 15 is 0 Å². The number of nitrogens with zero attached hydrogens (tertiary/aromatic N) is 1. The molecule has 26 heavy (non-hydrogen) atoms. The van der Waals surface area contributed by atoms with Gasteiger partial charge >= 0.3 is 0 Å². The maximum atomic E-state index is 13.2. The Bertz CT molecular complexity index is 942. The normalized spacial score (nSPS) is 25.7. The van der Waals surface area contributed by atoms with Gasteiger partial charge in [-0.05, 0) is 61.1 Å². The van der Waals surface area contributed by atoms with E-state index in [2.05, 4.69) is 58.6 Å². The number of hydrogen-bond acceptors (Lipinski definition) is 2. The van der Waals surface area contributed by atoms with Gasteiger partial charge in [0.15, 0.2) is 0 Å². The first-order valence-corrected chi connectivity index (χ1v) is 10.5. The van der Waals surface area contributed by atoms with E-state index in [0.29, 0.717) is 12.0 Å². The van der Waals surface area contributed by atoms with Crippen molar-refractivity contribution in [2.75, 3.05) is 0 Å². The average Bonchev–Trinajstić information content (AvgIpc) is 3.42. The Balaban J connectivity index is 1.49. The zero-order valence-corrected chi connectivity index (χ0v) is 15.8. The number of fused-ring (bicyclic) bond motifs is 3. The molecular weight excluding hydrogens is 340 g/mol. The second-order valence-corrected chi connectivity index (χ2v) is 8.82. The van der Waals surface area contributed by atoms with Gasteiger partial charge in [0.2, 0.25) is 0 Å².